The lowest BCUT2D eigenvalue weighted by molar-refractivity contribution is -0.385. The number of nitro groups is 1. The van der Waals surface area contributed by atoms with E-state index in [0.717, 1.165) is 5.56 Å². The molecule has 2 aromatic rings. The maximum Gasteiger partial charge on any atom is 0.408 e. The lowest BCUT2D eigenvalue weighted by Crippen LogP contribution is -2.48. The lowest BCUT2D eigenvalue weighted by Gasteiger charge is -2.23. The van der Waals surface area contributed by atoms with Gasteiger partial charge in [-0.25, -0.2) is 4.79 Å². The average molecular weight is 445 g/mol. The van der Waals surface area contributed by atoms with Crippen LogP contribution in [-0.4, -0.2) is 42.3 Å². The van der Waals surface area contributed by atoms with Crippen molar-refractivity contribution in [1.82, 2.24) is 5.32 Å². The van der Waals surface area contributed by atoms with Crippen LogP contribution in [0.1, 0.15) is 26.3 Å². The van der Waals surface area contributed by atoms with Crippen LogP contribution in [-0.2, 0) is 20.9 Å². The molecular weight excluding hydrogens is 418 g/mol. The number of methoxy groups -OCH3 is 1. The molecule has 0 heterocycles. The molecule has 2 rings (SSSR count). The zero-order valence-corrected chi connectivity index (χ0v) is 18.4. The van der Waals surface area contributed by atoms with E-state index in [1.165, 1.54) is 25.3 Å². The number of anilines is 1. The molecule has 0 radical (unpaired) electrons. The quantitative estimate of drug-likeness (QED) is 0.445. The second kappa shape index (κ2) is 11.1. The number of nitrogens with zero attached hydrogens (tertiary/aromatic N) is 1. The Labute approximate surface area is 186 Å². The van der Waals surface area contributed by atoms with Crippen molar-refractivity contribution in [2.75, 3.05) is 19.0 Å². The van der Waals surface area contributed by atoms with E-state index in [0.29, 0.717) is 0 Å². The highest BCUT2D eigenvalue weighted by Crippen LogP contribution is 2.29. The molecule has 0 aliphatic rings. The molecule has 10 heteroatoms. The Hall–Kier alpha value is -3.66. The topological polar surface area (TPSA) is 129 Å². The highest BCUT2D eigenvalue weighted by molar-refractivity contribution is 5.97. The number of nitro benzene ring substituents is 1. The smallest absolute Gasteiger partial charge is 0.408 e. The lowest BCUT2D eigenvalue weighted by atomic mass is 10.2. The van der Waals surface area contributed by atoms with Crippen molar-refractivity contribution in [3.8, 4) is 5.75 Å². The largest absolute Gasteiger partial charge is 0.490 e. The number of hydrogen-bond donors (Lipinski definition) is 2. The van der Waals surface area contributed by atoms with E-state index < -0.39 is 28.6 Å². The second-order valence-electron chi connectivity index (χ2n) is 7.83. The first-order chi connectivity index (χ1) is 15.1. The summed E-state index contributed by atoms with van der Waals surface area (Å²) in [6.45, 7) is 5.19. The third-order valence-corrected chi connectivity index (χ3v) is 4.05. The molecule has 2 amide bonds. The minimum Gasteiger partial charge on any atom is -0.490 e. The van der Waals surface area contributed by atoms with Crippen molar-refractivity contribution >= 4 is 23.4 Å². The van der Waals surface area contributed by atoms with Gasteiger partial charge in [-0.1, -0.05) is 30.3 Å². The van der Waals surface area contributed by atoms with Gasteiger partial charge in [0.05, 0.1) is 25.2 Å². The molecule has 0 saturated carbocycles. The monoisotopic (exact) mass is 445 g/mol. The normalized spacial score (nSPS) is 11.9. The maximum absolute atomic E-state index is 12.8. The highest BCUT2D eigenvalue weighted by Gasteiger charge is 2.26. The first-order valence-electron chi connectivity index (χ1n) is 9.83. The number of rotatable bonds is 9. The van der Waals surface area contributed by atoms with Crippen LogP contribution in [0.15, 0.2) is 48.5 Å². The van der Waals surface area contributed by atoms with Crippen LogP contribution in [0, 0.1) is 10.1 Å². The van der Waals surface area contributed by atoms with Crippen molar-refractivity contribution in [2.45, 2.75) is 39.0 Å². The van der Waals surface area contributed by atoms with Crippen molar-refractivity contribution in [1.29, 1.82) is 0 Å². The van der Waals surface area contributed by atoms with Crippen molar-refractivity contribution in [3.05, 3.63) is 64.2 Å². The number of nitrogens with one attached hydrogen (secondary N) is 2. The third kappa shape index (κ3) is 7.88. The minimum absolute atomic E-state index is 0.0580. The molecule has 0 bridgehead atoms. The van der Waals surface area contributed by atoms with Crippen molar-refractivity contribution < 1.29 is 28.7 Å². The summed E-state index contributed by atoms with van der Waals surface area (Å²) in [5.41, 5.74) is 0.00519. The average Bonchev–Trinajstić information content (AvgIpc) is 2.72. The van der Waals surface area contributed by atoms with Crippen molar-refractivity contribution in [3.63, 3.8) is 0 Å². The SMILES string of the molecule is COc1ccc(NC(=O)[C@H](COCc2ccccc2)NC(=O)OC(C)(C)C)cc1[N+](=O)[O-]. The van der Waals surface area contributed by atoms with Gasteiger partial charge in [0.1, 0.15) is 11.6 Å². The molecular formula is C22H27N3O7. The molecule has 32 heavy (non-hydrogen) atoms. The van der Waals surface area contributed by atoms with Crippen LogP contribution in [0.25, 0.3) is 0 Å². The van der Waals surface area contributed by atoms with Crippen LogP contribution < -0.4 is 15.4 Å². The predicted octanol–water partition coefficient (Wildman–Crippen LogP) is 3.65. The van der Waals surface area contributed by atoms with E-state index in [4.69, 9.17) is 14.2 Å². The van der Waals surface area contributed by atoms with E-state index in [1.807, 2.05) is 30.3 Å². The van der Waals surface area contributed by atoms with Gasteiger partial charge >= 0.3 is 11.8 Å². The van der Waals surface area contributed by atoms with E-state index >= 15 is 0 Å². The molecule has 0 saturated heterocycles. The van der Waals surface area contributed by atoms with Gasteiger partial charge in [0, 0.05) is 11.8 Å². The summed E-state index contributed by atoms with van der Waals surface area (Å²) in [5, 5.41) is 16.3. The molecule has 172 valence electrons. The van der Waals surface area contributed by atoms with Gasteiger partial charge in [0.25, 0.3) is 0 Å². The molecule has 1 atom stereocenters. The van der Waals surface area contributed by atoms with Crippen LogP contribution in [0.2, 0.25) is 0 Å². The standard InChI is InChI=1S/C22H27N3O7/c1-22(2,3)32-21(27)24-17(14-31-13-15-8-6-5-7-9-15)20(26)23-16-10-11-19(30-4)18(12-16)25(28)29/h5-12,17H,13-14H2,1-4H3,(H,23,26)(H,24,27)/t17-/m0/s1. The van der Waals surface area contributed by atoms with Gasteiger partial charge in [0.2, 0.25) is 5.91 Å². The first kappa shape index (κ1) is 24.6. The molecule has 0 aromatic heterocycles. The number of alkyl carbamates (subject to hydrolysis) is 1. The van der Waals surface area contributed by atoms with Crippen LogP contribution >= 0.6 is 0 Å². The van der Waals surface area contributed by atoms with Gasteiger partial charge in [0.15, 0.2) is 5.75 Å². The fraction of sp³-hybridized carbons (Fsp3) is 0.364. The zero-order valence-electron chi connectivity index (χ0n) is 18.4. The van der Waals surface area contributed by atoms with E-state index in [2.05, 4.69) is 10.6 Å². The molecule has 2 N–H and O–H groups in total. The van der Waals surface area contributed by atoms with Gasteiger partial charge in [-0.3, -0.25) is 14.9 Å². The third-order valence-electron chi connectivity index (χ3n) is 4.05. The minimum atomic E-state index is -1.10. The second-order valence-corrected chi connectivity index (χ2v) is 7.83. The van der Waals surface area contributed by atoms with E-state index in [-0.39, 0.29) is 30.3 Å². The fourth-order valence-corrected chi connectivity index (χ4v) is 2.64. The van der Waals surface area contributed by atoms with Crippen LogP contribution in [0.5, 0.6) is 5.75 Å². The fourth-order valence-electron chi connectivity index (χ4n) is 2.64. The molecule has 10 nitrogen and oxygen atoms in total. The number of amides is 2. The Balaban J connectivity index is 2.12. The maximum atomic E-state index is 12.8. The Morgan fingerprint density at radius 2 is 1.81 bits per heavy atom. The summed E-state index contributed by atoms with van der Waals surface area (Å²) in [4.78, 5) is 35.6. The molecule has 0 spiro atoms. The van der Waals surface area contributed by atoms with E-state index in [1.54, 1.807) is 20.8 Å². The number of benzene rings is 2. The molecule has 0 aliphatic heterocycles. The van der Waals surface area contributed by atoms with E-state index in [9.17, 15) is 19.7 Å². The summed E-state index contributed by atoms with van der Waals surface area (Å²) in [6.07, 6.45) is -0.790. The zero-order chi connectivity index (χ0) is 23.7. The first-order valence-corrected chi connectivity index (χ1v) is 9.83. The molecule has 2 aromatic carbocycles. The Bertz CT molecular complexity index is 942. The number of ether oxygens (including phenoxy) is 3. The highest BCUT2D eigenvalue weighted by atomic mass is 16.6. The Morgan fingerprint density at radius 3 is 2.41 bits per heavy atom. The van der Waals surface area contributed by atoms with Gasteiger partial charge in [-0.15, -0.1) is 0 Å². The van der Waals surface area contributed by atoms with Gasteiger partial charge < -0.3 is 24.8 Å². The van der Waals surface area contributed by atoms with Crippen LogP contribution in [0.4, 0.5) is 16.2 Å². The number of carbonyl (C=O) groups is 2. The Morgan fingerprint density at radius 1 is 1.12 bits per heavy atom. The summed E-state index contributed by atoms with van der Waals surface area (Å²) < 4.78 is 15.8. The van der Waals surface area contributed by atoms with Gasteiger partial charge in [-0.2, -0.15) is 0 Å². The summed E-state index contributed by atoms with van der Waals surface area (Å²) >= 11 is 0. The summed E-state index contributed by atoms with van der Waals surface area (Å²) in [5.74, 6) is -0.564. The predicted molar refractivity (Wildman–Crippen MR) is 118 cm³/mol. The number of carbonyl (C=O) groups excluding carboxylic acids is 2. The number of hydrogen-bond acceptors (Lipinski definition) is 7. The van der Waals surface area contributed by atoms with Crippen LogP contribution in [0.3, 0.4) is 0 Å². The van der Waals surface area contributed by atoms with Crippen molar-refractivity contribution in [2.24, 2.45) is 0 Å². The molecule has 0 unspecified atom stereocenters. The molecule has 0 fully saturated rings. The molecule has 0 aliphatic carbocycles. The Kier molecular flexibility index (Phi) is 8.54. The summed E-state index contributed by atoms with van der Waals surface area (Å²) in [7, 11) is 1.31. The van der Waals surface area contributed by atoms with Gasteiger partial charge in [-0.05, 0) is 38.5 Å². The summed E-state index contributed by atoms with van der Waals surface area (Å²) in [6, 6.07) is 12.2.